The molecular weight excluding hydrogens is 303 g/mol. The zero-order valence-corrected chi connectivity index (χ0v) is 12.5. The van der Waals surface area contributed by atoms with Crippen LogP contribution in [0, 0.1) is 5.92 Å². The van der Waals surface area contributed by atoms with Crippen molar-refractivity contribution in [3.63, 3.8) is 0 Å². The minimum Gasteiger partial charge on any atom is -0.489 e. The normalized spacial score (nSPS) is 17.8. The molecule has 0 saturated heterocycles. The molecule has 1 heterocycles. The second-order valence-corrected chi connectivity index (χ2v) is 6.06. The van der Waals surface area contributed by atoms with Crippen LogP contribution in [-0.4, -0.2) is 23.4 Å². The van der Waals surface area contributed by atoms with Crippen LogP contribution in [0.5, 0.6) is 11.5 Å². The number of benzene rings is 1. The van der Waals surface area contributed by atoms with Gasteiger partial charge in [0.25, 0.3) is 0 Å². The van der Waals surface area contributed by atoms with Crippen LogP contribution in [0.25, 0.3) is 0 Å². The molecule has 0 saturated carbocycles. The van der Waals surface area contributed by atoms with Crippen molar-refractivity contribution in [1.29, 1.82) is 0 Å². The lowest BCUT2D eigenvalue weighted by molar-refractivity contribution is -0.161. The minimum absolute atomic E-state index is 0.281. The van der Waals surface area contributed by atoms with Gasteiger partial charge in [-0.2, -0.15) is 13.2 Å². The molecule has 7 heteroatoms. The Hall–Kier alpha value is -1.50. The first-order valence-corrected chi connectivity index (χ1v) is 6.81. The Balaban J connectivity index is 2.16. The number of hydrogen-bond acceptors (Lipinski definition) is 3. The molecule has 21 heavy (non-hydrogen) atoms. The molecule has 0 spiro atoms. The van der Waals surface area contributed by atoms with Crippen molar-refractivity contribution in [2.75, 3.05) is 6.61 Å². The third-order valence-corrected chi connectivity index (χ3v) is 3.48. The summed E-state index contributed by atoms with van der Waals surface area (Å²) in [6.45, 7) is 3.16. The molecule has 116 valence electrons. The number of nitrogens with two attached hydrogens (primary N) is 1. The fourth-order valence-corrected chi connectivity index (χ4v) is 2.41. The summed E-state index contributed by atoms with van der Waals surface area (Å²) >= 11 is 4.46. The fraction of sp³-hybridized carbons (Fsp3) is 0.500. The number of rotatable bonds is 4. The van der Waals surface area contributed by atoms with E-state index in [0.717, 1.165) is 5.56 Å². The summed E-state index contributed by atoms with van der Waals surface area (Å²) < 4.78 is 49.4. The molecule has 0 radical (unpaired) electrons. The van der Waals surface area contributed by atoms with E-state index in [1.54, 1.807) is 12.1 Å². The minimum atomic E-state index is -4.52. The van der Waals surface area contributed by atoms with Crippen molar-refractivity contribution in [2.45, 2.75) is 32.0 Å². The maximum atomic E-state index is 12.8. The third-order valence-electron chi connectivity index (χ3n) is 3.20. The van der Waals surface area contributed by atoms with Crippen molar-refractivity contribution in [2.24, 2.45) is 11.7 Å². The number of halogens is 3. The first kappa shape index (κ1) is 15.9. The summed E-state index contributed by atoms with van der Waals surface area (Å²) in [6.07, 6.45) is -3.85. The predicted octanol–water partition coefficient (Wildman–Crippen LogP) is 3.24. The molecule has 1 unspecified atom stereocenters. The zero-order chi connectivity index (χ0) is 15.8. The lowest BCUT2D eigenvalue weighted by atomic mass is 10.0. The van der Waals surface area contributed by atoms with E-state index < -0.39 is 29.3 Å². The molecule has 1 aromatic carbocycles. The molecule has 0 fully saturated rings. The van der Waals surface area contributed by atoms with Crippen LogP contribution >= 0.6 is 12.2 Å². The van der Waals surface area contributed by atoms with E-state index in [2.05, 4.69) is 12.2 Å². The van der Waals surface area contributed by atoms with Crippen LogP contribution in [0.3, 0.4) is 0 Å². The Bertz CT molecular complexity index is 558. The monoisotopic (exact) mass is 319 g/mol. The average molecular weight is 319 g/mol. The lowest BCUT2D eigenvalue weighted by Crippen LogP contribution is -2.38. The van der Waals surface area contributed by atoms with Crippen LogP contribution < -0.4 is 15.2 Å². The van der Waals surface area contributed by atoms with Crippen molar-refractivity contribution < 1.29 is 22.6 Å². The van der Waals surface area contributed by atoms with E-state index in [9.17, 15) is 13.2 Å². The fourth-order valence-electron chi connectivity index (χ4n) is 2.21. The Morgan fingerprint density at radius 1 is 1.48 bits per heavy atom. The second-order valence-electron chi connectivity index (χ2n) is 5.59. The highest BCUT2D eigenvalue weighted by molar-refractivity contribution is 7.80. The van der Waals surface area contributed by atoms with Crippen LogP contribution in [0.1, 0.15) is 19.4 Å². The van der Waals surface area contributed by atoms with Gasteiger partial charge in [0, 0.05) is 12.0 Å². The third kappa shape index (κ3) is 3.58. The lowest BCUT2D eigenvalue weighted by Gasteiger charge is -2.21. The molecule has 2 rings (SSSR count). The van der Waals surface area contributed by atoms with Crippen molar-refractivity contribution in [3.05, 3.63) is 23.8 Å². The van der Waals surface area contributed by atoms with Crippen molar-refractivity contribution in [3.8, 4) is 11.5 Å². The standard InChI is InChI=1S/C14H16F3NO2S/c1-13(2)6-8-4-3-5-10(11(8)20-13)19-7-9(12(18)21)14(15,16)17/h3-5,9H,6-7H2,1-2H3,(H2,18,21). The van der Waals surface area contributed by atoms with Crippen LogP contribution in [0.15, 0.2) is 18.2 Å². The Labute approximate surface area is 126 Å². The number of ether oxygens (including phenoxy) is 2. The highest BCUT2D eigenvalue weighted by Gasteiger charge is 2.42. The van der Waals surface area contributed by atoms with Gasteiger partial charge < -0.3 is 15.2 Å². The number of hydrogen-bond donors (Lipinski definition) is 1. The Morgan fingerprint density at radius 2 is 2.14 bits per heavy atom. The summed E-state index contributed by atoms with van der Waals surface area (Å²) in [5, 5.41) is 0. The van der Waals surface area contributed by atoms with E-state index in [4.69, 9.17) is 15.2 Å². The quantitative estimate of drug-likeness (QED) is 0.865. The van der Waals surface area contributed by atoms with Gasteiger partial charge in [-0.3, -0.25) is 0 Å². The van der Waals surface area contributed by atoms with Gasteiger partial charge in [0.05, 0.1) is 4.99 Å². The van der Waals surface area contributed by atoms with Gasteiger partial charge in [0.2, 0.25) is 0 Å². The van der Waals surface area contributed by atoms with Crippen molar-refractivity contribution >= 4 is 17.2 Å². The van der Waals surface area contributed by atoms with Crippen LogP contribution in [0.2, 0.25) is 0 Å². The molecular formula is C14H16F3NO2S. The molecule has 1 atom stereocenters. The molecule has 0 aliphatic carbocycles. The molecule has 1 aliphatic heterocycles. The summed E-state index contributed by atoms with van der Waals surface area (Å²) in [4.78, 5) is -0.628. The molecule has 2 N–H and O–H groups in total. The second kappa shape index (κ2) is 5.36. The number of para-hydroxylation sites is 1. The summed E-state index contributed by atoms with van der Waals surface area (Å²) in [6, 6.07) is 5.17. The van der Waals surface area contributed by atoms with E-state index in [1.807, 2.05) is 19.9 Å². The van der Waals surface area contributed by atoms with E-state index in [-0.39, 0.29) is 5.75 Å². The predicted molar refractivity (Wildman–Crippen MR) is 76.7 cm³/mol. The van der Waals surface area contributed by atoms with Gasteiger partial charge in [-0.15, -0.1) is 0 Å². The Kier molecular flexibility index (Phi) is 4.06. The van der Waals surface area contributed by atoms with Gasteiger partial charge in [-0.05, 0) is 19.9 Å². The summed E-state index contributed by atoms with van der Waals surface area (Å²) in [7, 11) is 0. The highest BCUT2D eigenvalue weighted by Crippen LogP contribution is 2.42. The molecule has 3 nitrogen and oxygen atoms in total. The summed E-state index contributed by atoms with van der Waals surface area (Å²) in [5.41, 5.74) is 5.66. The Morgan fingerprint density at radius 3 is 2.71 bits per heavy atom. The largest absolute Gasteiger partial charge is 0.489 e. The zero-order valence-electron chi connectivity index (χ0n) is 11.7. The molecule has 1 aliphatic rings. The smallest absolute Gasteiger partial charge is 0.401 e. The van der Waals surface area contributed by atoms with Crippen molar-refractivity contribution in [1.82, 2.24) is 0 Å². The molecule has 0 aromatic heterocycles. The van der Waals surface area contributed by atoms with E-state index in [0.29, 0.717) is 12.2 Å². The van der Waals surface area contributed by atoms with Crippen LogP contribution in [-0.2, 0) is 6.42 Å². The number of alkyl halides is 3. The van der Waals surface area contributed by atoms with Gasteiger partial charge in [0.1, 0.15) is 18.1 Å². The summed E-state index contributed by atoms with van der Waals surface area (Å²) in [5.74, 6) is -1.20. The SMILES string of the molecule is CC1(C)Cc2cccc(OCC(C(N)=S)C(F)(F)F)c2O1. The van der Waals surface area contributed by atoms with Gasteiger partial charge in [-0.25, -0.2) is 0 Å². The first-order valence-electron chi connectivity index (χ1n) is 6.40. The average Bonchev–Trinajstić information content (AvgIpc) is 2.61. The maximum Gasteiger partial charge on any atom is 0.401 e. The van der Waals surface area contributed by atoms with Gasteiger partial charge >= 0.3 is 6.18 Å². The van der Waals surface area contributed by atoms with Crippen LogP contribution in [0.4, 0.5) is 13.2 Å². The van der Waals surface area contributed by atoms with Gasteiger partial charge in [-0.1, -0.05) is 24.4 Å². The van der Waals surface area contributed by atoms with E-state index in [1.165, 1.54) is 0 Å². The molecule has 0 bridgehead atoms. The number of fused-ring (bicyclic) bond motifs is 1. The van der Waals surface area contributed by atoms with E-state index >= 15 is 0 Å². The highest BCUT2D eigenvalue weighted by atomic mass is 32.1. The van der Waals surface area contributed by atoms with Gasteiger partial charge in [0.15, 0.2) is 11.5 Å². The molecule has 0 amide bonds. The molecule has 1 aromatic rings. The topological polar surface area (TPSA) is 44.5 Å². The maximum absolute atomic E-state index is 12.8. The first-order chi connectivity index (χ1) is 9.60. The number of thiocarbonyl (C=S) groups is 1.